The number of carboxylic acids is 1. The van der Waals surface area contributed by atoms with Crippen LogP contribution in [0.5, 0.6) is 0 Å². The van der Waals surface area contributed by atoms with Gasteiger partial charge in [0, 0.05) is 13.2 Å². The number of amides is 1. The Morgan fingerprint density at radius 2 is 2.19 bits per heavy atom. The molecule has 0 bridgehead atoms. The number of nitrogens with one attached hydrogen (secondary N) is 1. The second-order valence-electron chi connectivity index (χ2n) is 4.62. The molecular weight excluding hydrogens is 210 g/mol. The third-order valence-electron chi connectivity index (χ3n) is 3.26. The lowest BCUT2D eigenvalue weighted by Crippen LogP contribution is -2.34. The van der Waals surface area contributed by atoms with Gasteiger partial charge in [0.25, 0.3) is 0 Å². The molecule has 5 heteroatoms. The van der Waals surface area contributed by atoms with Crippen LogP contribution in [-0.2, 0) is 14.3 Å². The summed E-state index contributed by atoms with van der Waals surface area (Å²) >= 11 is 0. The fourth-order valence-electron chi connectivity index (χ4n) is 2.10. The van der Waals surface area contributed by atoms with E-state index in [-0.39, 0.29) is 11.8 Å². The maximum Gasteiger partial charge on any atom is 0.307 e. The Balaban J connectivity index is 1.66. The highest BCUT2D eigenvalue weighted by molar-refractivity contribution is 5.89. The molecule has 1 aliphatic heterocycles. The molecule has 2 rings (SSSR count). The minimum absolute atomic E-state index is 0.113. The van der Waals surface area contributed by atoms with Crippen LogP contribution in [0.3, 0.4) is 0 Å². The number of ether oxygens (including phenoxy) is 1. The van der Waals surface area contributed by atoms with E-state index in [0.717, 1.165) is 19.4 Å². The number of aliphatic carboxylic acids is 1. The van der Waals surface area contributed by atoms with Crippen molar-refractivity contribution in [3.05, 3.63) is 0 Å². The van der Waals surface area contributed by atoms with E-state index in [1.165, 1.54) is 0 Å². The summed E-state index contributed by atoms with van der Waals surface area (Å²) in [5.74, 6) is -1.34. The molecule has 1 aliphatic carbocycles. The van der Waals surface area contributed by atoms with E-state index in [1.807, 2.05) is 0 Å². The van der Waals surface area contributed by atoms with Crippen LogP contribution in [-0.4, -0.2) is 36.7 Å². The molecule has 0 aromatic rings. The molecule has 3 atom stereocenters. The first-order valence-electron chi connectivity index (χ1n) is 5.76. The molecule has 0 aromatic carbocycles. The van der Waals surface area contributed by atoms with Crippen LogP contribution in [0.1, 0.15) is 19.3 Å². The molecule has 1 heterocycles. The highest BCUT2D eigenvalue weighted by Gasteiger charge is 2.48. The molecule has 1 saturated carbocycles. The fraction of sp³-hybridized carbons (Fsp3) is 0.818. The van der Waals surface area contributed by atoms with Crippen molar-refractivity contribution in [2.75, 3.05) is 19.8 Å². The van der Waals surface area contributed by atoms with Gasteiger partial charge < -0.3 is 15.2 Å². The Hall–Kier alpha value is -1.10. The van der Waals surface area contributed by atoms with Crippen LogP contribution in [0.4, 0.5) is 0 Å². The predicted octanol–water partition coefficient (Wildman–Crippen LogP) is 0.250. The van der Waals surface area contributed by atoms with Gasteiger partial charge in [0.2, 0.25) is 5.91 Å². The van der Waals surface area contributed by atoms with Crippen molar-refractivity contribution in [1.82, 2.24) is 5.32 Å². The monoisotopic (exact) mass is 227 g/mol. The normalized spacial score (nSPS) is 33.1. The number of hydrogen-bond donors (Lipinski definition) is 2. The van der Waals surface area contributed by atoms with Crippen molar-refractivity contribution < 1.29 is 19.4 Å². The van der Waals surface area contributed by atoms with Gasteiger partial charge in [0.05, 0.1) is 18.4 Å². The maximum atomic E-state index is 11.5. The van der Waals surface area contributed by atoms with Crippen molar-refractivity contribution in [2.24, 2.45) is 17.8 Å². The largest absolute Gasteiger partial charge is 0.481 e. The molecule has 16 heavy (non-hydrogen) atoms. The second kappa shape index (κ2) is 4.82. The summed E-state index contributed by atoms with van der Waals surface area (Å²) < 4.78 is 5.30. The van der Waals surface area contributed by atoms with Gasteiger partial charge in [-0.25, -0.2) is 0 Å². The second-order valence-corrected chi connectivity index (χ2v) is 4.62. The summed E-state index contributed by atoms with van der Waals surface area (Å²) in [7, 11) is 0. The summed E-state index contributed by atoms with van der Waals surface area (Å²) in [5, 5.41) is 11.5. The van der Waals surface area contributed by atoms with Crippen LogP contribution in [0.25, 0.3) is 0 Å². The van der Waals surface area contributed by atoms with Gasteiger partial charge in [-0.15, -0.1) is 0 Å². The van der Waals surface area contributed by atoms with Gasteiger partial charge in [-0.2, -0.15) is 0 Å². The smallest absolute Gasteiger partial charge is 0.307 e. The minimum atomic E-state index is -0.860. The van der Waals surface area contributed by atoms with Crippen molar-refractivity contribution in [3.63, 3.8) is 0 Å². The number of hydrogen-bond acceptors (Lipinski definition) is 3. The molecule has 3 unspecified atom stereocenters. The van der Waals surface area contributed by atoms with Gasteiger partial charge in [0.1, 0.15) is 0 Å². The highest BCUT2D eigenvalue weighted by atomic mass is 16.5. The molecular formula is C11H17NO4. The molecule has 90 valence electrons. The Morgan fingerprint density at radius 1 is 1.38 bits per heavy atom. The zero-order valence-corrected chi connectivity index (χ0v) is 9.15. The molecule has 2 N–H and O–H groups in total. The van der Waals surface area contributed by atoms with Gasteiger partial charge in [-0.05, 0) is 25.2 Å². The quantitative estimate of drug-likeness (QED) is 0.722. The van der Waals surface area contributed by atoms with Crippen molar-refractivity contribution >= 4 is 11.9 Å². The zero-order chi connectivity index (χ0) is 11.5. The van der Waals surface area contributed by atoms with Crippen LogP contribution in [0.15, 0.2) is 0 Å². The van der Waals surface area contributed by atoms with E-state index in [9.17, 15) is 9.59 Å². The minimum Gasteiger partial charge on any atom is -0.481 e. The molecule has 0 radical (unpaired) electrons. The Bertz CT molecular complexity index is 286. The molecule has 1 saturated heterocycles. The number of carbonyl (C=O) groups excluding carboxylic acids is 1. The van der Waals surface area contributed by atoms with Gasteiger partial charge in [-0.1, -0.05) is 0 Å². The van der Waals surface area contributed by atoms with Gasteiger partial charge in [0.15, 0.2) is 0 Å². The summed E-state index contributed by atoms with van der Waals surface area (Å²) in [6, 6.07) is 0. The van der Waals surface area contributed by atoms with E-state index in [2.05, 4.69) is 5.32 Å². The topological polar surface area (TPSA) is 75.6 Å². The lowest BCUT2D eigenvalue weighted by Gasteiger charge is -2.22. The van der Waals surface area contributed by atoms with E-state index in [4.69, 9.17) is 9.84 Å². The summed E-state index contributed by atoms with van der Waals surface area (Å²) in [5.41, 5.74) is 0. The standard InChI is InChI=1S/C11H17NO4/c13-10(8-4-9(8)11(14)15)12-5-7-2-1-3-16-6-7/h7-9H,1-6H2,(H,12,13)(H,14,15). The Kier molecular flexibility index (Phi) is 3.43. The molecule has 1 amide bonds. The zero-order valence-electron chi connectivity index (χ0n) is 9.15. The first-order valence-corrected chi connectivity index (χ1v) is 5.76. The van der Waals surface area contributed by atoms with E-state index in [1.54, 1.807) is 0 Å². The Labute approximate surface area is 94.2 Å². The first-order chi connectivity index (χ1) is 7.68. The maximum absolute atomic E-state index is 11.5. The predicted molar refractivity (Wildman–Crippen MR) is 55.8 cm³/mol. The fourth-order valence-corrected chi connectivity index (χ4v) is 2.10. The molecule has 0 spiro atoms. The first kappa shape index (κ1) is 11.4. The lowest BCUT2D eigenvalue weighted by molar-refractivity contribution is -0.140. The van der Waals surface area contributed by atoms with E-state index >= 15 is 0 Å². The summed E-state index contributed by atoms with van der Waals surface area (Å²) in [4.78, 5) is 22.1. The van der Waals surface area contributed by atoms with Crippen molar-refractivity contribution in [2.45, 2.75) is 19.3 Å². The van der Waals surface area contributed by atoms with Crippen molar-refractivity contribution in [1.29, 1.82) is 0 Å². The van der Waals surface area contributed by atoms with Crippen molar-refractivity contribution in [3.8, 4) is 0 Å². The third-order valence-corrected chi connectivity index (χ3v) is 3.26. The summed E-state index contributed by atoms with van der Waals surface area (Å²) in [6.45, 7) is 2.13. The van der Waals surface area contributed by atoms with E-state index in [0.29, 0.717) is 25.5 Å². The average molecular weight is 227 g/mol. The van der Waals surface area contributed by atoms with Crippen LogP contribution in [0, 0.1) is 17.8 Å². The average Bonchev–Trinajstić information content (AvgIpc) is 3.07. The van der Waals surface area contributed by atoms with E-state index < -0.39 is 11.9 Å². The number of carbonyl (C=O) groups is 2. The Morgan fingerprint density at radius 3 is 2.75 bits per heavy atom. The summed E-state index contributed by atoms with van der Waals surface area (Å²) in [6.07, 6.45) is 2.61. The lowest BCUT2D eigenvalue weighted by atomic mass is 10.0. The molecule has 2 aliphatic rings. The van der Waals surface area contributed by atoms with Gasteiger partial charge in [-0.3, -0.25) is 9.59 Å². The molecule has 2 fully saturated rings. The van der Waals surface area contributed by atoms with Crippen LogP contribution < -0.4 is 5.32 Å². The van der Waals surface area contributed by atoms with Crippen LogP contribution >= 0.6 is 0 Å². The molecule has 0 aromatic heterocycles. The van der Waals surface area contributed by atoms with Gasteiger partial charge >= 0.3 is 5.97 Å². The highest BCUT2D eigenvalue weighted by Crippen LogP contribution is 2.38. The number of rotatable bonds is 4. The number of carboxylic acid groups (broad SMARTS) is 1. The third kappa shape index (κ3) is 2.72. The SMILES string of the molecule is O=C(O)C1CC1C(=O)NCC1CCCOC1. The molecule has 5 nitrogen and oxygen atoms in total. The van der Waals surface area contributed by atoms with Crippen LogP contribution in [0.2, 0.25) is 0 Å².